The highest BCUT2D eigenvalue weighted by Crippen LogP contribution is 2.31. The number of anilines is 2. The fourth-order valence-corrected chi connectivity index (χ4v) is 4.19. The number of aromatic nitrogens is 2. The Balaban J connectivity index is 1.51. The van der Waals surface area contributed by atoms with Gasteiger partial charge in [0.2, 0.25) is 11.0 Å². The number of hydrogen-bond acceptors (Lipinski definition) is 6. The Hall–Kier alpha value is -2.66. The van der Waals surface area contributed by atoms with E-state index in [-0.39, 0.29) is 17.4 Å². The van der Waals surface area contributed by atoms with Crippen LogP contribution in [0.15, 0.2) is 52.9 Å². The number of carbonyl (C=O) groups is 1. The maximum atomic E-state index is 12.9. The third kappa shape index (κ3) is 6.17. The average Bonchev–Trinajstić information content (AvgIpc) is 3.14. The van der Waals surface area contributed by atoms with Crippen molar-refractivity contribution >= 4 is 39.8 Å². The monoisotopic (exact) mass is 456 g/mol. The molecule has 0 aliphatic heterocycles. The zero-order valence-corrected chi connectivity index (χ0v) is 17.2. The van der Waals surface area contributed by atoms with Gasteiger partial charge in [0, 0.05) is 12.2 Å². The first-order valence-corrected chi connectivity index (χ1v) is 10.4. The molecule has 158 valence electrons. The van der Waals surface area contributed by atoms with Gasteiger partial charge >= 0.3 is 6.18 Å². The highest BCUT2D eigenvalue weighted by atomic mass is 32.2. The topological polar surface area (TPSA) is 66.9 Å². The molecule has 0 saturated carbocycles. The zero-order chi connectivity index (χ0) is 21.7. The van der Waals surface area contributed by atoms with Crippen molar-refractivity contribution in [3.05, 3.63) is 65.5 Å². The number of hydrogen-bond donors (Lipinski definition) is 2. The van der Waals surface area contributed by atoms with Gasteiger partial charge in [-0.15, -0.1) is 10.2 Å². The molecule has 2 aromatic carbocycles. The molecule has 2 N–H and O–H groups in total. The molecule has 0 saturated heterocycles. The molecular weight excluding hydrogens is 440 g/mol. The number of thioether (sulfide) groups is 1. The van der Waals surface area contributed by atoms with Crippen LogP contribution < -0.4 is 10.6 Å². The molecule has 0 fully saturated rings. The molecule has 1 heterocycles. The lowest BCUT2D eigenvalue weighted by molar-refractivity contribution is -0.137. The van der Waals surface area contributed by atoms with E-state index in [4.69, 9.17) is 0 Å². The summed E-state index contributed by atoms with van der Waals surface area (Å²) in [4.78, 5) is 12.3. The number of alkyl halides is 3. The van der Waals surface area contributed by atoms with E-state index < -0.39 is 17.0 Å². The van der Waals surface area contributed by atoms with Crippen molar-refractivity contribution in [3.63, 3.8) is 0 Å². The van der Waals surface area contributed by atoms with Crippen LogP contribution in [-0.2, 0) is 17.5 Å². The minimum absolute atomic E-state index is 0.277. The summed E-state index contributed by atoms with van der Waals surface area (Å²) in [6.45, 7) is 2.11. The smallest absolute Gasteiger partial charge is 0.356 e. The predicted molar refractivity (Wildman–Crippen MR) is 109 cm³/mol. The Labute approximate surface area is 177 Å². The van der Waals surface area contributed by atoms with Gasteiger partial charge in [0.15, 0.2) is 4.34 Å². The maximum Gasteiger partial charge on any atom is 0.416 e. The van der Waals surface area contributed by atoms with Crippen molar-refractivity contribution in [1.82, 2.24) is 10.2 Å². The molecule has 5 nitrogen and oxygen atoms in total. The first kappa shape index (κ1) is 22.0. The number of benzene rings is 2. The summed E-state index contributed by atoms with van der Waals surface area (Å²) < 4.78 is 51.3. The van der Waals surface area contributed by atoms with Gasteiger partial charge in [-0.1, -0.05) is 35.2 Å². The second-order valence-electron chi connectivity index (χ2n) is 6.18. The van der Waals surface area contributed by atoms with Gasteiger partial charge in [0.25, 0.3) is 0 Å². The van der Waals surface area contributed by atoms with E-state index in [1.54, 1.807) is 19.1 Å². The minimum atomic E-state index is -4.42. The molecule has 0 spiro atoms. The van der Waals surface area contributed by atoms with E-state index in [1.165, 1.54) is 47.4 Å². The van der Waals surface area contributed by atoms with Crippen molar-refractivity contribution in [2.45, 2.75) is 29.2 Å². The highest BCUT2D eigenvalue weighted by Gasteiger charge is 2.30. The van der Waals surface area contributed by atoms with Crippen molar-refractivity contribution < 1.29 is 22.4 Å². The molecule has 1 unspecified atom stereocenters. The molecule has 11 heteroatoms. The van der Waals surface area contributed by atoms with Crippen molar-refractivity contribution in [3.8, 4) is 0 Å². The zero-order valence-electron chi connectivity index (χ0n) is 15.5. The van der Waals surface area contributed by atoms with Crippen LogP contribution in [0.2, 0.25) is 0 Å². The van der Waals surface area contributed by atoms with Crippen LogP contribution in [0.3, 0.4) is 0 Å². The van der Waals surface area contributed by atoms with Crippen LogP contribution >= 0.6 is 23.1 Å². The Morgan fingerprint density at radius 1 is 1.10 bits per heavy atom. The number of halogens is 4. The normalized spacial score (nSPS) is 12.4. The lowest BCUT2D eigenvalue weighted by Crippen LogP contribution is -2.22. The van der Waals surface area contributed by atoms with Crippen LogP contribution in [0.4, 0.5) is 28.4 Å². The maximum absolute atomic E-state index is 12.9. The van der Waals surface area contributed by atoms with Gasteiger partial charge in [0.05, 0.1) is 10.8 Å². The van der Waals surface area contributed by atoms with Gasteiger partial charge in [-0.25, -0.2) is 4.39 Å². The van der Waals surface area contributed by atoms with E-state index in [2.05, 4.69) is 20.8 Å². The standard InChI is InChI=1S/C19H16F4N4OS2/c1-11(16(28)25-15-8-4-13(5-9-15)19(21,22)23)29-18-27-26-17(30-18)24-10-12-2-6-14(20)7-3-12/h2-9,11H,10H2,1H3,(H,24,26)(H,25,28). The quantitative estimate of drug-likeness (QED) is 0.367. The molecule has 30 heavy (non-hydrogen) atoms. The fourth-order valence-electron chi connectivity index (χ4n) is 2.30. The summed E-state index contributed by atoms with van der Waals surface area (Å²) in [6, 6.07) is 10.3. The third-order valence-electron chi connectivity index (χ3n) is 3.89. The molecule has 0 aliphatic carbocycles. The summed E-state index contributed by atoms with van der Waals surface area (Å²) in [5.41, 5.74) is 0.377. The van der Waals surface area contributed by atoms with Crippen LogP contribution in [0.1, 0.15) is 18.1 Å². The van der Waals surface area contributed by atoms with Gasteiger partial charge in [-0.05, 0) is 48.9 Å². The first-order chi connectivity index (χ1) is 14.2. The number of nitrogens with one attached hydrogen (secondary N) is 2. The second-order valence-corrected chi connectivity index (χ2v) is 8.74. The minimum Gasteiger partial charge on any atom is -0.356 e. The number of nitrogens with zero attached hydrogens (tertiary/aromatic N) is 2. The fraction of sp³-hybridized carbons (Fsp3) is 0.211. The van der Waals surface area contributed by atoms with Crippen molar-refractivity contribution in [2.75, 3.05) is 10.6 Å². The molecule has 0 bridgehead atoms. The molecular formula is C19H16F4N4OS2. The molecule has 1 amide bonds. The summed E-state index contributed by atoms with van der Waals surface area (Å²) >= 11 is 2.45. The summed E-state index contributed by atoms with van der Waals surface area (Å²) in [6.07, 6.45) is -4.42. The molecule has 1 atom stereocenters. The largest absolute Gasteiger partial charge is 0.416 e. The molecule has 1 aromatic heterocycles. The van der Waals surface area contributed by atoms with E-state index in [1.807, 2.05) is 0 Å². The van der Waals surface area contributed by atoms with Crippen molar-refractivity contribution in [1.29, 1.82) is 0 Å². The summed E-state index contributed by atoms with van der Waals surface area (Å²) in [5.74, 6) is -0.673. The van der Waals surface area contributed by atoms with Crippen LogP contribution in [0.25, 0.3) is 0 Å². The van der Waals surface area contributed by atoms with Gasteiger partial charge in [-0.2, -0.15) is 13.2 Å². The van der Waals surface area contributed by atoms with Crippen molar-refractivity contribution in [2.24, 2.45) is 0 Å². The number of carbonyl (C=O) groups excluding carboxylic acids is 1. The third-order valence-corrected chi connectivity index (χ3v) is 5.96. The predicted octanol–water partition coefficient (Wildman–Crippen LogP) is 5.43. The SMILES string of the molecule is CC(Sc1nnc(NCc2ccc(F)cc2)s1)C(=O)Nc1ccc(C(F)(F)F)cc1. The Morgan fingerprint density at radius 2 is 1.77 bits per heavy atom. The van der Waals surface area contributed by atoms with E-state index in [9.17, 15) is 22.4 Å². The highest BCUT2D eigenvalue weighted by molar-refractivity contribution is 8.02. The van der Waals surface area contributed by atoms with Crippen LogP contribution in [0.5, 0.6) is 0 Å². The number of rotatable bonds is 7. The van der Waals surface area contributed by atoms with Crippen LogP contribution in [-0.4, -0.2) is 21.4 Å². The van der Waals surface area contributed by atoms with E-state index in [0.29, 0.717) is 16.0 Å². The molecule has 0 aliphatic rings. The lowest BCUT2D eigenvalue weighted by Gasteiger charge is -2.11. The lowest BCUT2D eigenvalue weighted by atomic mass is 10.2. The summed E-state index contributed by atoms with van der Waals surface area (Å²) in [7, 11) is 0. The molecule has 0 radical (unpaired) electrons. The Bertz CT molecular complexity index is 991. The summed E-state index contributed by atoms with van der Waals surface area (Å²) in [5, 5.41) is 13.7. The van der Waals surface area contributed by atoms with Gasteiger partial charge in [-0.3, -0.25) is 4.79 Å². The van der Waals surface area contributed by atoms with Gasteiger partial charge < -0.3 is 10.6 Å². The van der Waals surface area contributed by atoms with E-state index in [0.717, 1.165) is 17.7 Å². The number of amides is 1. The van der Waals surface area contributed by atoms with Crippen LogP contribution in [0, 0.1) is 5.82 Å². The first-order valence-electron chi connectivity index (χ1n) is 8.67. The molecule has 3 rings (SSSR count). The Morgan fingerprint density at radius 3 is 2.40 bits per heavy atom. The van der Waals surface area contributed by atoms with E-state index >= 15 is 0 Å². The molecule has 3 aromatic rings. The Kier molecular flexibility index (Phi) is 6.93. The van der Waals surface area contributed by atoms with Gasteiger partial charge in [0.1, 0.15) is 5.82 Å². The second kappa shape index (κ2) is 9.43. The average molecular weight is 456 g/mol.